The van der Waals surface area contributed by atoms with Crippen LogP contribution in [0.25, 0.3) is 0 Å². The molecular formula is C10H15NO2S. The minimum atomic E-state index is -0.474. The summed E-state index contributed by atoms with van der Waals surface area (Å²) in [5, 5.41) is 2.38. The molecule has 3 nitrogen and oxygen atoms in total. The van der Waals surface area contributed by atoms with Crippen LogP contribution in [-0.4, -0.2) is 11.6 Å². The van der Waals surface area contributed by atoms with Crippen LogP contribution in [-0.2, 0) is 4.74 Å². The minimum Gasteiger partial charge on any atom is -0.456 e. The van der Waals surface area contributed by atoms with Crippen LogP contribution < -0.4 is 5.73 Å². The van der Waals surface area contributed by atoms with Crippen molar-refractivity contribution in [3.63, 3.8) is 0 Å². The molecule has 1 heterocycles. The highest BCUT2D eigenvalue weighted by Gasteiger charge is 2.22. The summed E-state index contributed by atoms with van der Waals surface area (Å²) >= 11 is 1.36. The van der Waals surface area contributed by atoms with Gasteiger partial charge in [0.25, 0.3) is 0 Å². The van der Waals surface area contributed by atoms with Gasteiger partial charge in [-0.3, -0.25) is 0 Å². The summed E-state index contributed by atoms with van der Waals surface area (Å²) in [6.45, 7) is 7.36. The molecule has 0 aliphatic carbocycles. The van der Waals surface area contributed by atoms with Crippen LogP contribution >= 0.6 is 11.3 Å². The fourth-order valence-corrected chi connectivity index (χ4v) is 1.84. The summed E-state index contributed by atoms with van der Waals surface area (Å²) < 4.78 is 5.23. The maximum absolute atomic E-state index is 11.7. The van der Waals surface area contributed by atoms with Gasteiger partial charge in [0.1, 0.15) is 10.6 Å². The largest absolute Gasteiger partial charge is 0.456 e. The Hall–Kier alpha value is -1.03. The lowest BCUT2D eigenvalue weighted by atomic mass is 10.1. The number of nitrogens with two attached hydrogens (primary N) is 1. The van der Waals surface area contributed by atoms with E-state index in [0.717, 1.165) is 5.56 Å². The molecule has 0 aliphatic heterocycles. The van der Waals surface area contributed by atoms with Crippen LogP contribution in [0.15, 0.2) is 5.38 Å². The second-order valence-corrected chi connectivity index (χ2v) is 5.07. The summed E-state index contributed by atoms with van der Waals surface area (Å²) in [5.74, 6) is -0.339. The van der Waals surface area contributed by atoms with Crippen molar-refractivity contribution in [3.8, 4) is 0 Å². The van der Waals surface area contributed by atoms with Gasteiger partial charge in [0, 0.05) is 0 Å². The summed E-state index contributed by atoms with van der Waals surface area (Å²) in [6.07, 6.45) is 0. The van der Waals surface area contributed by atoms with Gasteiger partial charge in [-0.15, -0.1) is 11.3 Å². The number of nitrogen functional groups attached to an aromatic ring is 1. The third-order valence-corrected chi connectivity index (χ3v) is 2.54. The van der Waals surface area contributed by atoms with Gasteiger partial charge in [0.2, 0.25) is 0 Å². The molecular weight excluding hydrogens is 198 g/mol. The SMILES string of the molecule is Cc1csc(N)c1C(=O)OC(C)(C)C. The van der Waals surface area contributed by atoms with Crippen LogP contribution in [0, 0.1) is 6.92 Å². The molecule has 0 saturated heterocycles. The van der Waals surface area contributed by atoms with E-state index >= 15 is 0 Å². The molecule has 0 amide bonds. The Morgan fingerprint density at radius 2 is 2.07 bits per heavy atom. The van der Waals surface area contributed by atoms with Crippen LogP contribution in [0.4, 0.5) is 5.00 Å². The molecule has 0 atom stereocenters. The Morgan fingerprint density at radius 1 is 1.50 bits per heavy atom. The lowest BCUT2D eigenvalue weighted by molar-refractivity contribution is 0.00706. The van der Waals surface area contributed by atoms with E-state index in [0.29, 0.717) is 10.6 Å². The first-order valence-corrected chi connectivity index (χ1v) is 5.26. The normalized spacial score (nSPS) is 11.4. The van der Waals surface area contributed by atoms with Gasteiger partial charge in [-0.1, -0.05) is 0 Å². The quantitative estimate of drug-likeness (QED) is 0.729. The number of carbonyl (C=O) groups excluding carboxylic acids is 1. The molecule has 2 N–H and O–H groups in total. The predicted molar refractivity (Wildman–Crippen MR) is 58.6 cm³/mol. The molecule has 1 aromatic rings. The van der Waals surface area contributed by atoms with E-state index in [1.165, 1.54) is 11.3 Å². The first-order valence-electron chi connectivity index (χ1n) is 4.38. The van der Waals surface area contributed by atoms with E-state index in [2.05, 4.69) is 0 Å². The van der Waals surface area contributed by atoms with E-state index < -0.39 is 5.60 Å². The number of ether oxygens (including phenoxy) is 1. The van der Waals surface area contributed by atoms with Crippen LogP contribution in [0.1, 0.15) is 36.7 Å². The van der Waals surface area contributed by atoms with E-state index in [9.17, 15) is 4.79 Å². The maximum atomic E-state index is 11.7. The molecule has 1 aromatic heterocycles. The zero-order valence-corrected chi connectivity index (χ0v) is 9.70. The van der Waals surface area contributed by atoms with Crippen LogP contribution in [0.5, 0.6) is 0 Å². The maximum Gasteiger partial charge on any atom is 0.341 e. The van der Waals surface area contributed by atoms with Crippen molar-refractivity contribution in [2.75, 3.05) is 5.73 Å². The number of hydrogen-bond acceptors (Lipinski definition) is 4. The fourth-order valence-electron chi connectivity index (χ4n) is 1.05. The number of carbonyl (C=O) groups is 1. The minimum absolute atomic E-state index is 0.339. The van der Waals surface area contributed by atoms with Gasteiger partial charge in [-0.2, -0.15) is 0 Å². The van der Waals surface area contributed by atoms with Crippen LogP contribution in [0.2, 0.25) is 0 Å². The highest BCUT2D eigenvalue weighted by molar-refractivity contribution is 7.14. The second kappa shape index (κ2) is 3.61. The zero-order valence-electron chi connectivity index (χ0n) is 8.88. The number of aryl methyl sites for hydroxylation is 1. The Labute approximate surface area is 87.9 Å². The van der Waals surface area contributed by atoms with Crippen molar-refractivity contribution in [2.45, 2.75) is 33.3 Å². The number of hydrogen-bond donors (Lipinski definition) is 1. The summed E-state index contributed by atoms with van der Waals surface area (Å²) in [6, 6.07) is 0. The van der Waals surface area contributed by atoms with Crippen molar-refractivity contribution in [1.29, 1.82) is 0 Å². The topological polar surface area (TPSA) is 52.3 Å². The molecule has 0 unspecified atom stereocenters. The van der Waals surface area contributed by atoms with Crippen LogP contribution in [0.3, 0.4) is 0 Å². The van der Waals surface area contributed by atoms with Crippen molar-refractivity contribution in [1.82, 2.24) is 0 Å². The van der Waals surface area contributed by atoms with Crippen molar-refractivity contribution < 1.29 is 9.53 Å². The molecule has 0 spiro atoms. The highest BCUT2D eigenvalue weighted by Crippen LogP contribution is 2.26. The average Bonchev–Trinajstić information content (AvgIpc) is 2.27. The molecule has 0 radical (unpaired) electrons. The molecule has 78 valence electrons. The standard InChI is InChI=1S/C10H15NO2S/c1-6-5-14-8(11)7(6)9(12)13-10(2,3)4/h5H,11H2,1-4H3. The fraction of sp³-hybridized carbons (Fsp3) is 0.500. The molecule has 0 fully saturated rings. The molecule has 4 heteroatoms. The van der Waals surface area contributed by atoms with Gasteiger partial charge in [-0.05, 0) is 38.6 Å². The molecule has 14 heavy (non-hydrogen) atoms. The Bertz CT molecular complexity index is 330. The van der Waals surface area contributed by atoms with Gasteiger partial charge in [0.05, 0.1) is 5.56 Å². The van der Waals surface area contributed by atoms with Gasteiger partial charge < -0.3 is 10.5 Å². The van der Waals surface area contributed by atoms with E-state index in [4.69, 9.17) is 10.5 Å². The molecule has 0 saturated carbocycles. The first-order chi connectivity index (χ1) is 6.31. The number of rotatable bonds is 1. The average molecular weight is 213 g/mol. The van der Waals surface area contributed by atoms with Crippen molar-refractivity contribution >= 4 is 22.3 Å². The summed E-state index contributed by atoms with van der Waals surface area (Å²) in [4.78, 5) is 11.7. The number of thiophene rings is 1. The zero-order chi connectivity index (χ0) is 10.9. The molecule has 0 aromatic carbocycles. The van der Waals surface area contributed by atoms with Crippen molar-refractivity contribution in [2.24, 2.45) is 0 Å². The Kier molecular flexibility index (Phi) is 2.85. The van der Waals surface area contributed by atoms with E-state index in [1.807, 2.05) is 33.1 Å². The summed E-state index contributed by atoms with van der Waals surface area (Å²) in [5.41, 5.74) is 6.59. The summed E-state index contributed by atoms with van der Waals surface area (Å²) in [7, 11) is 0. The second-order valence-electron chi connectivity index (χ2n) is 4.16. The molecule has 1 rings (SSSR count). The Morgan fingerprint density at radius 3 is 2.43 bits per heavy atom. The number of anilines is 1. The van der Waals surface area contributed by atoms with E-state index in [1.54, 1.807) is 0 Å². The lowest BCUT2D eigenvalue weighted by Crippen LogP contribution is -2.24. The lowest BCUT2D eigenvalue weighted by Gasteiger charge is -2.19. The smallest absolute Gasteiger partial charge is 0.341 e. The van der Waals surface area contributed by atoms with Gasteiger partial charge in [0.15, 0.2) is 0 Å². The predicted octanol–water partition coefficient (Wildman–Crippen LogP) is 2.59. The van der Waals surface area contributed by atoms with Crippen molar-refractivity contribution in [3.05, 3.63) is 16.5 Å². The highest BCUT2D eigenvalue weighted by atomic mass is 32.1. The van der Waals surface area contributed by atoms with E-state index in [-0.39, 0.29) is 5.97 Å². The van der Waals surface area contributed by atoms with Gasteiger partial charge >= 0.3 is 5.97 Å². The first kappa shape index (κ1) is 11.0. The third kappa shape index (κ3) is 2.48. The Balaban J connectivity index is 2.90. The molecule has 0 bridgehead atoms. The van der Waals surface area contributed by atoms with Gasteiger partial charge in [-0.25, -0.2) is 4.79 Å². The third-order valence-electron chi connectivity index (χ3n) is 1.61. The monoisotopic (exact) mass is 213 g/mol. The number of esters is 1. The molecule has 0 aliphatic rings.